The first kappa shape index (κ1) is 22.9. The minimum absolute atomic E-state index is 0.0755. The van der Waals surface area contributed by atoms with Crippen LogP contribution in [0.15, 0.2) is 72.8 Å². The minimum Gasteiger partial charge on any atom is -0.426 e. The Balaban J connectivity index is 1.83. The van der Waals surface area contributed by atoms with Crippen LogP contribution in [0, 0.1) is 17.6 Å². The first-order valence-electron chi connectivity index (χ1n) is 9.95. The minimum atomic E-state index is -0.996. The number of benzene rings is 3. The molecule has 3 rings (SSSR count). The van der Waals surface area contributed by atoms with Crippen LogP contribution < -0.4 is 9.47 Å². The van der Waals surface area contributed by atoms with Crippen LogP contribution in [0.3, 0.4) is 0 Å². The zero-order chi connectivity index (χ0) is 23.4. The molecule has 0 spiro atoms. The number of halogens is 2. The summed E-state index contributed by atoms with van der Waals surface area (Å²) in [6.45, 7) is 8.48. The lowest BCUT2D eigenvalue weighted by atomic mass is 9.98. The molecule has 0 saturated carbocycles. The fraction of sp³-hybridized carbons (Fsp3) is 0.154. The summed E-state index contributed by atoms with van der Waals surface area (Å²) in [6, 6.07) is 15.2. The maximum atomic E-state index is 14.9. The van der Waals surface area contributed by atoms with Gasteiger partial charge in [0.2, 0.25) is 0 Å². The van der Waals surface area contributed by atoms with E-state index in [9.17, 15) is 18.4 Å². The SMILES string of the molecule is C=C(C)C(=O)Oc1ccc(-c2ccc(-c3ccc(OC(=O)C(C)C)cc3)c(F)c2F)cc1. The fourth-order valence-corrected chi connectivity index (χ4v) is 2.83. The molecule has 0 aliphatic carbocycles. The molecule has 6 heteroatoms. The van der Waals surface area contributed by atoms with Gasteiger partial charge in [-0.15, -0.1) is 0 Å². The van der Waals surface area contributed by atoms with Gasteiger partial charge in [0, 0.05) is 16.7 Å². The topological polar surface area (TPSA) is 52.6 Å². The molecule has 0 fully saturated rings. The second kappa shape index (κ2) is 9.56. The quantitative estimate of drug-likeness (QED) is 0.257. The standard InChI is InChI=1S/C26H22F2O4/c1-15(2)25(29)31-19-9-5-17(6-10-19)21-13-14-22(24(28)23(21)27)18-7-11-20(12-8-18)32-26(30)16(3)4/h5-14,16H,1H2,2-4H3. The molecule has 0 bridgehead atoms. The van der Waals surface area contributed by atoms with Crippen LogP contribution in [0.5, 0.6) is 11.5 Å². The molecule has 0 heterocycles. The molecule has 0 radical (unpaired) electrons. The molecule has 0 N–H and O–H groups in total. The summed E-state index contributed by atoms with van der Waals surface area (Å²) in [5.74, 6) is -2.60. The van der Waals surface area contributed by atoms with Crippen molar-refractivity contribution in [1.29, 1.82) is 0 Å². The van der Waals surface area contributed by atoms with Gasteiger partial charge in [-0.05, 0) is 42.3 Å². The Bertz CT molecular complexity index is 1160. The molecule has 32 heavy (non-hydrogen) atoms. The monoisotopic (exact) mass is 436 g/mol. The van der Waals surface area contributed by atoms with Crippen molar-refractivity contribution in [2.75, 3.05) is 0 Å². The lowest BCUT2D eigenvalue weighted by molar-refractivity contribution is -0.137. The van der Waals surface area contributed by atoms with E-state index in [1.807, 2.05) is 0 Å². The lowest BCUT2D eigenvalue weighted by Crippen LogP contribution is -2.14. The molecule has 4 nitrogen and oxygen atoms in total. The van der Waals surface area contributed by atoms with Crippen molar-refractivity contribution in [1.82, 2.24) is 0 Å². The van der Waals surface area contributed by atoms with Crippen LogP contribution in [-0.4, -0.2) is 11.9 Å². The summed E-state index contributed by atoms with van der Waals surface area (Å²) in [6.07, 6.45) is 0. The van der Waals surface area contributed by atoms with Gasteiger partial charge in [0.15, 0.2) is 11.6 Å². The van der Waals surface area contributed by atoms with E-state index < -0.39 is 17.6 Å². The van der Waals surface area contributed by atoms with Gasteiger partial charge in [0.1, 0.15) is 11.5 Å². The van der Waals surface area contributed by atoms with E-state index in [-0.39, 0.29) is 34.3 Å². The summed E-state index contributed by atoms with van der Waals surface area (Å²) >= 11 is 0. The van der Waals surface area contributed by atoms with Crippen molar-refractivity contribution >= 4 is 11.9 Å². The molecule has 0 unspecified atom stereocenters. The average molecular weight is 436 g/mol. The number of hydrogen-bond acceptors (Lipinski definition) is 4. The van der Waals surface area contributed by atoms with Gasteiger partial charge in [0.05, 0.1) is 5.92 Å². The van der Waals surface area contributed by atoms with E-state index >= 15 is 0 Å². The molecule has 164 valence electrons. The van der Waals surface area contributed by atoms with Gasteiger partial charge < -0.3 is 9.47 Å². The van der Waals surface area contributed by atoms with Crippen LogP contribution in [0.2, 0.25) is 0 Å². The van der Waals surface area contributed by atoms with Crippen LogP contribution >= 0.6 is 0 Å². The maximum absolute atomic E-state index is 14.9. The van der Waals surface area contributed by atoms with E-state index in [0.717, 1.165) is 0 Å². The molecule has 3 aromatic rings. The summed E-state index contributed by atoms with van der Waals surface area (Å²) in [5.41, 5.74) is 1.29. The summed E-state index contributed by atoms with van der Waals surface area (Å²) < 4.78 is 40.0. The highest BCUT2D eigenvalue weighted by Crippen LogP contribution is 2.33. The average Bonchev–Trinajstić information content (AvgIpc) is 2.77. The Kier molecular flexibility index (Phi) is 6.83. The largest absolute Gasteiger partial charge is 0.426 e. The van der Waals surface area contributed by atoms with Crippen molar-refractivity contribution in [3.05, 3.63) is 84.5 Å². The van der Waals surface area contributed by atoms with E-state index in [1.54, 1.807) is 26.0 Å². The first-order chi connectivity index (χ1) is 15.2. The highest BCUT2D eigenvalue weighted by molar-refractivity contribution is 5.88. The smallest absolute Gasteiger partial charge is 0.338 e. The second-order valence-electron chi connectivity index (χ2n) is 7.58. The molecule has 0 aliphatic rings. The second-order valence-corrected chi connectivity index (χ2v) is 7.58. The normalized spacial score (nSPS) is 10.7. The summed E-state index contributed by atoms with van der Waals surface area (Å²) in [4.78, 5) is 23.3. The Labute approximate surface area is 185 Å². The number of esters is 2. The van der Waals surface area contributed by atoms with Crippen molar-refractivity contribution in [2.45, 2.75) is 20.8 Å². The van der Waals surface area contributed by atoms with E-state index in [0.29, 0.717) is 16.9 Å². The van der Waals surface area contributed by atoms with Gasteiger partial charge in [-0.25, -0.2) is 13.6 Å². The first-order valence-corrected chi connectivity index (χ1v) is 9.95. The molecule has 0 aromatic heterocycles. The zero-order valence-electron chi connectivity index (χ0n) is 17.9. The Hall–Kier alpha value is -3.80. The van der Waals surface area contributed by atoms with Gasteiger partial charge in [-0.1, -0.05) is 56.8 Å². The number of hydrogen-bond donors (Lipinski definition) is 0. The van der Waals surface area contributed by atoms with Crippen LogP contribution in [0.25, 0.3) is 22.3 Å². The van der Waals surface area contributed by atoms with E-state index in [2.05, 4.69) is 6.58 Å². The molecular formula is C26H22F2O4. The maximum Gasteiger partial charge on any atom is 0.338 e. The Morgan fingerprint density at radius 3 is 1.53 bits per heavy atom. The number of rotatable bonds is 6. The van der Waals surface area contributed by atoms with Gasteiger partial charge in [0.25, 0.3) is 0 Å². The number of carbonyl (C=O) groups excluding carboxylic acids is 2. The Morgan fingerprint density at radius 2 is 1.16 bits per heavy atom. The number of carbonyl (C=O) groups is 2. The van der Waals surface area contributed by atoms with Crippen molar-refractivity contribution in [2.24, 2.45) is 5.92 Å². The van der Waals surface area contributed by atoms with Gasteiger partial charge in [-0.2, -0.15) is 0 Å². The van der Waals surface area contributed by atoms with Crippen LogP contribution in [0.4, 0.5) is 8.78 Å². The molecule has 0 atom stereocenters. The van der Waals surface area contributed by atoms with Crippen molar-refractivity contribution in [3.8, 4) is 33.8 Å². The van der Waals surface area contributed by atoms with E-state index in [1.165, 1.54) is 55.5 Å². The van der Waals surface area contributed by atoms with Gasteiger partial charge >= 0.3 is 11.9 Å². The Morgan fingerprint density at radius 1 is 0.750 bits per heavy atom. The van der Waals surface area contributed by atoms with E-state index in [4.69, 9.17) is 9.47 Å². The zero-order valence-corrected chi connectivity index (χ0v) is 17.9. The predicted octanol–water partition coefficient (Wildman–Crippen LogP) is 6.34. The molecule has 0 aliphatic heterocycles. The third-order valence-corrected chi connectivity index (χ3v) is 4.66. The van der Waals surface area contributed by atoms with Crippen molar-refractivity contribution in [3.63, 3.8) is 0 Å². The number of ether oxygens (including phenoxy) is 2. The lowest BCUT2D eigenvalue weighted by Gasteiger charge is -2.11. The van der Waals surface area contributed by atoms with Crippen LogP contribution in [-0.2, 0) is 9.59 Å². The highest BCUT2D eigenvalue weighted by Gasteiger charge is 2.17. The summed E-state index contributed by atoms with van der Waals surface area (Å²) in [7, 11) is 0. The molecule has 0 saturated heterocycles. The van der Waals surface area contributed by atoms with Crippen LogP contribution in [0.1, 0.15) is 20.8 Å². The van der Waals surface area contributed by atoms with Crippen molar-refractivity contribution < 1.29 is 27.8 Å². The summed E-state index contributed by atoms with van der Waals surface area (Å²) in [5, 5.41) is 0. The molecule has 0 amide bonds. The highest BCUT2D eigenvalue weighted by atomic mass is 19.2. The third-order valence-electron chi connectivity index (χ3n) is 4.66. The van der Waals surface area contributed by atoms with Gasteiger partial charge in [-0.3, -0.25) is 4.79 Å². The molecule has 3 aromatic carbocycles. The third kappa shape index (κ3) is 5.09. The fourth-order valence-electron chi connectivity index (χ4n) is 2.83. The predicted molar refractivity (Wildman–Crippen MR) is 118 cm³/mol. The molecular weight excluding hydrogens is 414 g/mol.